The summed E-state index contributed by atoms with van der Waals surface area (Å²) in [5.41, 5.74) is 9.01. The first-order chi connectivity index (χ1) is 12.5. The van der Waals surface area contributed by atoms with Gasteiger partial charge in [-0.15, -0.1) is 0 Å². The number of carbonyl (C=O) groups excluding carboxylic acids is 2. The maximum absolute atomic E-state index is 12.8. The number of fused-ring (bicyclic) bond motifs is 1. The van der Waals surface area contributed by atoms with Gasteiger partial charge in [-0.3, -0.25) is 9.59 Å². The molecule has 4 N–H and O–H groups in total. The molecule has 0 radical (unpaired) electrons. The van der Waals surface area contributed by atoms with E-state index in [1.807, 2.05) is 19.9 Å². The van der Waals surface area contributed by atoms with Crippen LogP contribution < -0.4 is 16.4 Å². The fourth-order valence-corrected chi connectivity index (χ4v) is 3.42. The van der Waals surface area contributed by atoms with E-state index in [1.165, 1.54) is 17.5 Å². The van der Waals surface area contributed by atoms with Gasteiger partial charge in [0.2, 0.25) is 11.8 Å². The molecular formula is C21H33N3O2. The summed E-state index contributed by atoms with van der Waals surface area (Å²) in [4.78, 5) is 25.0. The summed E-state index contributed by atoms with van der Waals surface area (Å²) in [6.45, 7) is 4.69. The van der Waals surface area contributed by atoms with Crippen molar-refractivity contribution in [1.82, 2.24) is 5.32 Å². The summed E-state index contributed by atoms with van der Waals surface area (Å²) < 4.78 is 0. The number of rotatable bonds is 10. The molecule has 1 aromatic carbocycles. The first kappa shape index (κ1) is 20.4. The molecule has 0 heterocycles. The van der Waals surface area contributed by atoms with E-state index in [4.69, 9.17) is 5.73 Å². The lowest BCUT2D eigenvalue weighted by Crippen LogP contribution is -2.47. The van der Waals surface area contributed by atoms with Gasteiger partial charge in [0.1, 0.15) is 6.04 Å². The van der Waals surface area contributed by atoms with Crippen molar-refractivity contribution >= 4 is 17.5 Å². The standard InChI is InChI=1S/C21H33N3O2/c1-3-15(2)20(24-19(25)10-5-4-6-13-22)21(26)23-18-12-11-16-8-7-9-17(16)14-18/h11-12,14-15,20H,3-10,13,22H2,1-2H3,(H,23,26)(H,24,25)/t15-,20-/m1/s1. The van der Waals surface area contributed by atoms with Crippen molar-refractivity contribution in [2.45, 2.75) is 71.3 Å². The Kier molecular flexibility index (Phi) is 8.10. The van der Waals surface area contributed by atoms with Crippen molar-refractivity contribution in [3.8, 4) is 0 Å². The number of hydrogen-bond acceptors (Lipinski definition) is 3. The molecule has 5 nitrogen and oxygen atoms in total. The van der Waals surface area contributed by atoms with Crippen LogP contribution in [0.3, 0.4) is 0 Å². The average molecular weight is 360 g/mol. The van der Waals surface area contributed by atoms with Gasteiger partial charge in [0.05, 0.1) is 0 Å². The molecule has 0 unspecified atom stereocenters. The second kappa shape index (κ2) is 10.3. The molecule has 0 aromatic heterocycles. The minimum Gasteiger partial charge on any atom is -0.344 e. The van der Waals surface area contributed by atoms with Crippen molar-refractivity contribution in [3.05, 3.63) is 29.3 Å². The van der Waals surface area contributed by atoms with Crippen molar-refractivity contribution in [2.24, 2.45) is 11.7 Å². The van der Waals surface area contributed by atoms with Crippen molar-refractivity contribution in [3.63, 3.8) is 0 Å². The van der Waals surface area contributed by atoms with Crippen LogP contribution in [-0.4, -0.2) is 24.4 Å². The molecule has 0 saturated heterocycles. The van der Waals surface area contributed by atoms with Crippen LogP contribution in [0, 0.1) is 5.92 Å². The number of nitrogens with two attached hydrogens (primary N) is 1. The summed E-state index contributed by atoms with van der Waals surface area (Å²) in [6, 6.07) is 5.63. The number of anilines is 1. The monoisotopic (exact) mass is 359 g/mol. The van der Waals surface area contributed by atoms with E-state index in [0.29, 0.717) is 13.0 Å². The molecule has 5 heteroatoms. The van der Waals surface area contributed by atoms with Gasteiger partial charge in [0, 0.05) is 12.1 Å². The van der Waals surface area contributed by atoms with Gasteiger partial charge in [0.25, 0.3) is 0 Å². The quantitative estimate of drug-likeness (QED) is 0.561. The summed E-state index contributed by atoms with van der Waals surface area (Å²) in [7, 11) is 0. The van der Waals surface area contributed by atoms with Crippen LogP contribution in [0.4, 0.5) is 5.69 Å². The third-order valence-electron chi connectivity index (χ3n) is 5.29. The van der Waals surface area contributed by atoms with E-state index >= 15 is 0 Å². The Morgan fingerprint density at radius 3 is 2.65 bits per heavy atom. The van der Waals surface area contributed by atoms with Gasteiger partial charge in [0.15, 0.2) is 0 Å². The molecule has 0 fully saturated rings. The van der Waals surface area contributed by atoms with E-state index in [1.54, 1.807) is 0 Å². The minimum atomic E-state index is -0.504. The average Bonchev–Trinajstić information content (AvgIpc) is 3.10. The lowest BCUT2D eigenvalue weighted by atomic mass is 9.97. The maximum Gasteiger partial charge on any atom is 0.247 e. The lowest BCUT2D eigenvalue weighted by Gasteiger charge is -2.24. The van der Waals surface area contributed by atoms with Crippen molar-refractivity contribution in [2.75, 3.05) is 11.9 Å². The van der Waals surface area contributed by atoms with Crippen LogP contribution >= 0.6 is 0 Å². The van der Waals surface area contributed by atoms with E-state index in [9.17, 15) is 9.59 Å². The molecule has 2 amide bonds. The smallest absolute Gasteiger partial charge is 0.247 e. The summed E-state index contributed by atoms with van der Waals surface area (Å²) in [5.74, 6) is -0.110. The third kappa shape index (κ3) is 5.84. The zero-order chi connectivity index (χ0) is 18.9. The van der Waals surface area contributed by atoms with Crippen LogP contribution in [-0.2, 0) is 22.4 Å². The highest BCUT2D eigenvalue weighted by Crippen LogP contribution is 2.25. The van der Waals surface area contributed by atoms with Gasteiger partial charge >= 0.3 is 0 Å². The summed E-state index contributed by atoms with van der Waals surface area (Å²) in [6.07, 6.45) is 7.34. The fourth-order valence-electron chi connectivity index (χ4n) is 3.42. The molecule has 26 heavy (non-hydrogen) atoms. The number of benzene rings is 1. The van der Waals surface area contributed by atoms with Crippen LogP contribution in [0.5, 0.6) is 0 Å². The molecule has 0 saturated carbocycles. The Hall–Kier alpha value is -1.88. The highest BCUT2D eigenvalue weighted by molar-refractivity contribution is 5.97. The van der Waals surface area contributed by atoms with Crippen LogP contribution in [0.25, 0.3) is 0 Å². The molecule has 1 aromatic rings. The Morgan fingerprint density at radius 2 is 1.92 bits per heavy atom. The molecule has 1 aliphatic rings. The number of carbonyl (C=O) groups is 2. The SMILES string of the molecule is CC[C@@H](C)[C@@H](NC(=O)CCCCCN)C(=O)Nc1ccc2c(c1)CCC2. The predicted octanol–water partition coefficient (Wildman–Crippen LogP) is 3.16. The molecule has 0 bridgehead atoms. The predicted molar refractivity (Wildman–Crippen MR) is 106 cm³/mol. The van der Waals surface area contributed by atoms with Crippen LogP contribution in [0.15, 0.2) is 18.2 Å². The number of amides is 2. The minimum absolute atomic E-state index is 0.0589. The Morgan fingerprint density at radius 1 is 1.15 bits per heavy atom. The molecule has 1 aliphatic carbocycles. The summed E-state index contributed by atoms with van der Waals surface area (Å²) in [5, 5.41) is 5.93. The van der Waals surface area contributed by atoms with Crippen LogP contribution in [0.2, 0.25) is 0 Å². The molecule has 2 rings (SSSR count). The Bertz CT molecular complexity index is 615. The van der Waals surface area contributed by atoms with E-state index < -0.39 is 6.04 Å². The van der Waals surface area contributed by atoms with Crippen LogP contribution in [0.1, 0.15) is 63.5 Å². The summed E-state index contributed by atoms with van der Waals surface area (Å²) >= 11 is 0. The van der Waals surface area contributed by atoms with Gasteiger partial charge < -0.3 is 16.4 Å². The first-order valence-corrected chi connectivity index (χ1v) is 9.97. The lowest BCUT2D eigenvalue weighted by molar-refractivity contribution is -0.127. The number of hydrogen-bond donors (Lipinski definition) is 3. The second-order valence-electron chi connectivity index (χ2n) is 7.36. The Labute approximate surface area is 157 Å². The fraction of sp³-hybridized carbons (Fsp3) is 0.619. The molecule has 0 aliphatic heterocycles. The van der Waals surface area contributed by atoms with E-state index in [2.05, 4.69) is 22.8 Å². The maximum atomic E-state index is 12.8. The van der Waals surface area contributed by atoms with E-state index in [-0.39, 0.29) is 17.7 Å². The highest BCUT2D eigenvalue weighted by Gasteiger charge is 2.26. The molecule has 0 spiro atoms. The number of aryl methyl sites for hydroxylation is 2. The topological polar surface area (TPSA) is 84.2 Å². The largest absolute Gasteiger partial charge is 0.344 e. The van der Waals surface area contributed by atoms with Gasteiger partial charge in [-0.1, -0.05) is 32.8 Å². The first-order valence-electron chi connectivity index (χ1n) is 9.97. The van der Waals surface area contributed by atoms with E-state index in [0.717, 1.165) is 44.2 Å². The molecule has 144 valence electrons. The zero-order valence-corrected chi connectivity index (χ0v) is 16.1. The van der Waals surface area contributed by atoms with Crippen molar-refractivity contribution < 1.29 is 9.59 Å². The van der Waals surface area contributed by atoms with Gasteiger partial charge in [-0.05, 0) is 67.8 Å². The Balaban J connectivity index is 1.94. The molecular weight excluding hydrogens is 326 g/mol. The normalized spacial score (nSPS) is 15.2. The second-order valence-corrected chi connectivity index (χ2v) is 7.36. The highest BCUT2D eigenvalue weighted by atomic mass is 16.2. The zero-order valence-electron chi connectivity index (χ0n) is 16.1. The number of nitrogens with one attached hydrogen (secondary N) is 2. The molecule has 2 atom stereocenters. The van der Waals surface area contributed by atoms with Gasteiger partial charge in [-0.25, -0.2) is 0 Å². The number of unbranched alkanes of at least 4 members (excludes halogenated alkanes) is 2. The van der Waals surface area contributed by atoms with Gasteiger partial charge in [-0.2, -0.15) is 0 Å². The van der Waals surface area contributed by atoms with Crippen molar-refractivity contribution in [1.29, 1.82) is 0 Å². The third-order valence-corrected chi connectivity index (χ3v) is 5.29.